The van der Waals surface area contributed by atoms with E-state index < -0.39 is 12.0 Å². The molecule has 1 unspecified atom stereocenters. The first-order valence-corrected chi connectivity index (χ1v) is 6.14. The average molecular weight is 232 g/mol. The fourth-order valence-corrected chi connectivity index (χ4v) is 1.75. The van der Waals surface area contributed by atoms with E-state index in [4.69, 9.17) is 0 Å². The van der Waals surface area contributed by atoms with Crippen LogP contribution in [-0.4, -0.2) is 28.9 Å². The number of aliphatic carboxylic acids is 1. The number of amides is 1. The normalized spacial score (nSPS) is 12.5. The number of carboxylic acids is 1. The van der Waals surface area contributed by atoms with Gasteiger partial charge in [0, 0.05) is 12.2 Å². The van der Waals surface area contributed by atoms with Gasteiger partial charge in [-0.05, 0) is 11.7 Å². The van der Waals surface area contributed by atoms with Crippen LogP contribution in [-0.2, 0) is 9.59 Å². The Kier molecular flexibility index (Phi) is 7.21. The standard InChI is InChI=1S/C10H19NO3S/c1-4-5-9(12)11-8(10(13)14)6-15-7(2)3/h7-8H,4-6H2,1-3H3,(H,11,12)(H,13,14)/p-1. The van der Waals surface area contributed by atoms with E-state index in [0.717, 1.165) is 0 Å². The lowest BCUT2D eigenvalue weighted by molar-refractivity contribution is -0.307. The third kappa shape index (κ3) is 7.25. The molecule has 0 aromatic rings. The topological polar surface area (TPSA) is 69.2 Å². The minimum absolute atomic E-state index is 0.226. The maximum Gasteiger partial charge on any atom is 0.220 e. The van der Waals surface area contributed by atoms with E-state index in [1.54, 1.807) is 0 Å². The van der Waals surface area contributed by atoms with E-state index in [0.29, 0.717) is 23.8 Å². The van der Waals surface area contributed by atoms with Crippen LogP contribution in [0.3, 0.4) is 0 Å². The summed E-state index contributed by atoms with van der Waals surface area (Å²) in [5.74, 6) is -1.08. The van der Waals surface area contributed by atoms with Crippen molar-refractivity contribution < 1.29 is 14.7 Å². The van der Waals surface area contributed by atoms with Crippen LogP contribution < -0.4 is 10.4 Å². The minimum atomic E-state index is -1.22. The lowest BCUT2D eigenvalue weighted by Gasteiger charge is -2.20. The average Bonchev–Trinajstić information content (AvgIpc) is 2.11. The minimum Gasteiger partial charge on any atom is -0.548 e. The van der Waals surface area contributed by atoms with Gasteiger partial charge in [0.15, 0.2) is 0 Å². The van der Waals surface area contributed by atoms with Crippen molar-refractivity contribution in [3.8, 4) is 0 Å². The second-order valence-electron chi connectivity index (χ2n) is 3.57. The van der Waals surface area contributed by atoms with Gasteiger partial charge in [-0.25, -0.2) is 0 Å². The molecule has 0 rings (SSSR count). The molecule has 1 amide bonds. The van der Waals surface area contributed by atoms with Crippen molar-refractivity contribution in [3.63, 3.8) is 0 Å². The lowest BCUT2D eigenvalue weighted by Crippen LogP contribution is -2.49. The summed E-state index contributed by atoms with van der Waals surface area (Å²) in [5, 5.41) is 13.5. The smallest absolute Gasteiger partial charge is 0.220 e. The largest absolute Gasteiger partial charge is 0.548 e. The molecule has 0 saturated carbocycles. The number of rotatable bonds is 7. The van der Waals surface area contributed by atoms with Crippen molar-refractivity contribution in [2.75, 3.05) is 5.75 Å². The summed E-state index contributed by atoms with van der Waals surface area (Å²) in [6, 6.07) is -0.878. The molecule has 0 fully saturated rings. The van der Waals surface area contributed by atoms with Gasteiger partial charge >= 0.3 is 0 Å². The fraction of sp³-hybridized carbons (Fsp3) is 0.800. The van der Waals surface area contributed by atoms with Gasteiger partial charge in [0.25, 0.3) is 0 Å². The van der Waals surface area contributed by atoms with Gasteiger partial charge in [-0.15, -0.1) is 0 Å². The zero-order valence-corrected chi connectivity index (χ0v) is 10.2. The maximum atomic E-state index is 11.2. The van der Waals surface area contributed by atoms with E-state index >= 15 is 0 Å². The molecule has 0 radical (unpaired) electrons. The highest BCUT2D eigenvalue weighted by molar-refractivity contribution is 7.99. The van der Waals surface area contributed by atoms with Crippen molar-refractivity contribution in [2.24, 2.45) is 0 Å². The molecule has 1 atom stereocenters. The molecule has 15 heavy (non-hydrogen) atoms. The number of carboxylic acid groups (broad SMARTS) is 1. The van der Waals surface area contributed by atoms with Crippen LogP contribution in [0.15, 0.2) is 0 Å². The Hall–Kier alpha value is -0.710. The number of carbonyl (C=O) groups is 2. The second kappa shape index (κ2) is 7.56. The quantitative estimate of drug-likeness (QED) is 0.679. The van der Waals surface area contributed by atoms with Crippen LogP contribution in [0.2, 0.25) is 0 Å². The SMILES string of the molecule is CCCC(=O)NC(CSC(C)C)C(=O)[O-]. The van der Waals surface area contributed by atoms with Crippen molar-refractivity contribution in [2.45, 2.75) is 44.9 Å². The van der Waals surface area contributed by atoms with E-state index in [2.05, 4.69) is 5.32 Å². The summed E-state index contributed by atoms with van der Waals surface area (Å²) in [4.78, 5) is 21.9. The van der Waals surface area contributed by atoms with E-state index in [-0.39, 0.29) is 5.91 Å². The molecular weight excluding hydrogens is 214 g/mol. The van der Waals surface area contributed by atoms with Crippen LogP contribution in [0.1, 0.15) is 33.6 Å². The molecule has 0 aliphatic heterocycles. The highest BCUT2D eigenvalue weighted by Crippen LogP contribution is 2.10. The van der Waals surface area contributed by atoms with Gasteiger partial charge in [-0.1, -0.05) is 20.8 Å². The summed E-state index contributed by atoms with van der Waals surface area (Å²) in [6.45, 7) is 5.83. The van der Waals surface area contributed by atoms with Crippen molar-refractivity contribution in [1.29, 1.82) is 0 Å². The van der Waals surface area contributed by atoms with E-state index in [1.165, 1.54) is 11.8 Å². The molecule has 0 aliphatic rings. The molecular formula is C10H18NO3S-. The number of nitrogens with one attached hydrogen (secondary N) is 1. The Morgan fingerprint density at radius 2 is 2.00 bits per heavy atom. The maximum absolute atomic E-state index is 11.2. The first-order valence-electron chi connectivity index (χ1n) is 5.09. The monoisotopic (exact) mass is 232 g/mol. The fourth-order valence-electron chi connectivity index (χ4n) is 0.951. The Morgan fingerprint density at radius 3 is 2.40 bits per heavy atom. The van der Waals surface area contributed by atoms with Crippen LogP contribution in [0.25, 0.3) is 0 Å². The summed E-state index contributed by atoms with van der Waals surface area (Å²) in [5.41, 5.74) is 0. The lowest BCUT2D eigenvalue weighted by atomic mass is 10.3. The molecule has 0 bridgehead atoms. The molecule has 0 aliphatic carbocycles. The summed E-state index contributed by atoms with van der Waals surface area (Å²) < 4.78 is 0. The predicted molar refractivity (Wildman–Crippen MR) is 59.4 cm³/mol. The predicted octanol–water partition coefficient (Wildman–Crippen LogP) is 0.163. The number of hydrogen-bond acceptors (Lipinski definition) is 4. The molecule has 0 heterocycles. The molecule has 0 spiro atoms. The molecule has 5 heteroatoms. The van der Waals surface area contributed by atoms with E-state index in [1.807, 2.05) is 20.8 Å². The number of hydrogen-bond donors (Lipinski definition) is 1. The Labute approximate surface area is 94.8 Å². The first kappa shape index (κ1) is 14.3. The third-order valence-electron chi connectivity index (χ3n) is 1.69. The molecule has 0 saturated heterocycles. The Balaban J connectivity index is 4.04. The van der Waals surface area contributed by atoms with Gasteiger partial charge in [-0.3, -0.25) is 4.79 Å². The molecule has 0 aromatic heterocycles. The third-order valence-corrected chi connectivity index (χ3v) is 2.89. The zero-order chi connectivity index (χ0) is 11.8. The highest BCUT2D eigenvalue weighted by Gasteiger charge is 2.13. The number of thioether (sulfide) groups is 1. The van der Waals surface area contributed by atoms with Crippen LogP contribution in [0.4, 0.5) is 0 Å². The Morgan fingerprint density at radius 1 is 1.40 bits per heavy atom. The van der Waals surface area contributed by atoms with Gasteiger partial charge in [0.2, 0.25) is 5.91 Å². The Bertz CT molecular complexity index is 219. The molecule has 88 valence electrons. The number of carbonyl (C=O) groups excluding carboxylic acids is 2. The van der Waals surface area contributed by atoms with Gasteiger partial charge in [0.1, 0.15) is 0 Å². The van der Waals surface area contributed by atoms with Crippen LogP contribution in [0.5, 0.6) is 0 Å². The van der Waals surface area contributed by atoms with Crippen molar-refractivity contribution in [3.05, 3.63) is 0 Å². The van der Waals surface area contributed by atoms with Gasteiger partial charge in [0.05, 0.1) is 12.0 Å². The van der Waals surface area contributed by atoms with Gasteiger partial charge in [-0.2, -0.15) is 11.8 Å². The van der Waals surface area contributed by atoms with Gasteiger partial charge < -0.3 is 15.2 Å². The van der Waals surface area contributed by atoms with Crippen molar-refractivity contribution in [1.82, 2.24) is 5.32 Å². The molecule has 4 nitrogen and oxygen atoms in total. The zero-order valence-electron chi connectivity index (χ0n) is 9.41. The molecule has 1 N–H and O–H groups in total. The van der Waals surface area contributed by atoms with Crippen LogP contribution >= 0.6 is 11.8 Å². The van der Waals surface area contributed by atoms with E-state index in [9.17, 15) is 14.7 Å². The van der Waals surface area contributed by atoms with Crippen molar-refractivity contribution >= 4 is 23.6 Å². The highest BCUT2D eigenvalue weighted by atomic mass is 32.2. The summed E-state index contributed by atoms with van der Waals surface area (Å²) in [7, 11) is 0. The first-order chi connectivity index (χ1) is 6.97. The second-order valence-corrected chi connectivity index (χ2v) is 5.18. The summed E-state index contributed by atoms with van der Waals surface area (Å²) >= 11 is 1.49. The molecule has 0 aromatic carbocycles. The summed E-state index contributed by atoms with van der Waals surface area (Å²) in [6.07, 6.45) is 1.07. The van der Waals surface area contributed by atoms with Crippen LogP contribution in [0, 0.1) is 0 Å².